The Balaban J connectivity index is 1.50. The molecule has 346 valence electrons. The molecule has 0 saturated heterocycles. The number of carbonyl (C=O) groups excluding carboxylic acids is 1. The Bertz CT molecular complexity index is 2090. The normalized spacial score (nSPS) is 22.9. The number of unbranched alkanes of at least 4 members (excludes halogenated alkanes) is 2. The highest BCUT2D eigenvalue weighted by atomic mass is 16.7. The van der Waals surface area contributed by atoms with Crippen molar-refractivity contribution in [3.8, 4) is 17.2 Å². The minimum absolute atomic E-state index is 0.0155. The first-order chi connectivity index (χ1) is 30.9. The zero-order chi connectivity index (χ0) is 45.7. The van der Waals surface area contributed by atoms with E-state index in [2.05, 4.69) is 12.7 Å². The largest absolute Gasteiger partial charge is 0.459 e. The quantitative estimate of drug-likeness (QED) is 0.0402. The molecule has 64 heavy (non-hydrogen) atoms. The molecule has 0 spiro atoms. The number of hydrogen-bond donors (Lipinski definition) is 2. The zero-order valence-corrected chi connectivity index (χ0v) is 37.7. The van der Waals surface area contributed by atoms with Crippen LogP contribution >= 0.6 is 0 Å². The van der Waals surface area contributed by atoms with Crippen LogP contribution in [0.2, 0.25) is 0 Å². The second kappa shape index (κ2) is 22.6. The van der Waals surface area contributed by atoms with Gasteiger partial charge in [0.1, 0.15) is 35.5 Å². The molecule has 14 nitrogen and oxygen atoms in total. The number of nitro benzene ring substituents is 1. The molecule has 3 aromatic carbocycles. The number of hydrogen-bond acceptors (Lipinski definition) is 12. The van der Waals surface area contributed by atoms with E-state index in [1.165, 1.54) is 12.1 Å². The number of nitrogens with zero attached hydrogens (tertiary/aromatic N) is 3. The van der Waals surface area contributed by atoms with E-state index in [0.29, 0.717) is 55.4 Å². The molecule has 3 aliphatic rings. The monoisotopic (exact) mass is 883 g/mol. The van der Waals surface area contributed by atoms with Crippen LogP contribution < -0.4 is 9.47 Å². The summed E-state index contributed by atoms with van der Waals surface area (Å²) in [6.45, 7) is 13.0. The van der Waals surface area contributed by atoms with Gasteiger partial charge in [0, 0.05) is 43.7 Å². The van der Waals surface area contributed by atoms with Gasteiger partial charge in [-0.2, -0.15) is 0 Å². The fraction of sp³-hybridized carbons (Fsp3) is 0.520. The van der Waals surface area contributed by atoms with Crippen molar-refractivity contribution in [2.45, 2.75) is 109 Å². The number of benzene rings is 3. The summed E-state index contributed by atoms with van der Waals surface area (Å²) in [6, 6.07) is 20.7. The summed E-state index contributed by atoms with van der Waals surface area (Å²) in [7, 11) is 0. The molecule has 2 N–H and O–H groups in total. The molecule has 1 aliphatic heterocycles. The Kier molecular flexibility index (Phi) is 17.0. The van der Waals surface area contributed by atoms with E-state index in [1.807, 2.05) is 70.2 Å². The molecule has 0 radical (unpaired) electrons. The van der Waals surface area contributed by atoms with E-state index in [4.69, 9.17) is 33.7 Å². The Labute approximate surface area is 377 Å². The maximum absolute atomic E-state index is 14.5. The fourth-order valence-electron chi connectivity index (χ4n) is 9.35. The van der Waals surface area contributed by atoms with Crippen molar-refractivity contribution >= 4 is 17.5 Å². The Morgan fingerprint density at radius 3 is 2.45 bits per heavy atom. The number of ether oxygens (including phenoxy) is 5. The highest BCUT2D eigenvalue weighted by molar-refractivity contribution is 6.03. The van der Waals surface area contributed by atoms with E-state index >= 15 is 0 Å². The van der Waals surface area contributed by atoms with Crippen LogP contribution in [0.4, 0.5) is 10.5 Å². The van der Waals surface area contributed by atoms with Gasteiger partial charge in [-0.05, 0) is 100 Å². The molecule has 1 heterocycles. The van der Waals surface area contributed by atoms with E-state index in [0.717, 1.165) is 42.4 Å². The third-order valence-electron chi connectivity index (χ3n) is 12.0. The van der Waals surface area contributed by atoms with Crippen molar-refractivity contribution < 1.29 is 48.5 Å². The van der Waals surface area contributed by atoms with Gasteiger partial charge in [-0.3, -0.25) is 15.0 Å². The SMILES string of the molecule is C=CCOC12Oc3ccc(Oc4cccc([N+](=O)[O-])c4)cc3C3C(CCCCO)C(CCCCO)C=C(C(=NOC(C)(C)C)CC1N(CCC)C(=O)OCCOCc1ccccc1)C32. The third kappa shape index (κ3) is 11.7. The average Bonchev–Trinajstić information content (AvgIpc) is 3.28. The number of carbonyl (C=O) groups is 1. The molecule has 3 aromatic rings. The lowest BCUT2D eigenvalue weighted by molar-refractivity contribution is -0.384. The van der Waals surface area contributed by atoms with Crippen molar-refractivity contribution in [2.24, 2.45) is 22.9 Å². The molecule has 0 bridgehead atoms. The molecule has 6 atom stereocenters. The van der Waals surface area contributed by atoms with Gasteiger partial charge in [-0.1, -0.05) is 73.5 Å². The van der Waals surface area contributed by atoms with Crippen molar-refractivity contribution in [3.05, 3.63) is 118 Å². The number of rotatable bonds is 23. The lowest BCUT2D eigenvalue weighted by atomic mass is 9.55. The van der Waals surface area contributed by atoms with Crippen molar-refractivity contribution in [1.82, 2.24) is 4.90 Å². The van der Waals surface area contributed by atoms with E-state index in [1.54, 1.807) is 29.2 Å². The average molecular weight is 884 g/mol. The number of nitro groups is 1. The Hall–Kier alpha value is -5.28. The van der Waals surface area contributed by atoms with Crippen LogP contribution in [0, 0.1) is 27.9 Å². The Morgan fingerprint density at radius 1 is 1.00 bits per heavy atom. The van der Waals surface area contributed by atoms with Gasteiger partial charge in [0.05, 0.1) is 42.4 Å². The van der Waals surface area contributed by atoms with Crippen molar-refractivity contribution in [1.29, 1.82) is 0 Å². The smallest absolute Gasteiger partial charge is 0.410 e. The highest BCUT2D eigenvalue weighted by Gasteiger charge is 2.65. The number of fused-ring (bicyclic) bond motifs is 2. The lowest BCUT2D eigenvalue weighted by Crippen LogP contribution is -2.70. The van der Waals surface area contributed by atoms with Crippen LogP contribution in [0.3, 0.4) is 0 Å². The second-order valence-corrected chi connectivity index (χ2v) is 17.7. The minimum atomic E-state index is -1.47. The van der Waals surface area contributed by atoms with Gasteiger partial charge < -0.3 is 38.7 Å². The maximum atomic E-state index is 14.5. The molecule has 2 aliphatic carbocycles. The number of non-ortho nitro benzene ring substituents is 1. The first-order valence-corrected chi connectivity index (χ1v) is 22.7. The van der Waals surface area contributed by atoms with Gasteiger partial charge in [0.25, 0.3) is 5.69 Å². The molecule has 1 saturated carbocycles. The van der Waals surface area contributed by atoms with Crippen LogP contribution in [0.25, 0.3) is 0 Å². The van der Waals surface area contributed by atoms with Gasteiger partial charge in [-0.25, -0.2) is 4.79 Å². The number of aliphatic hydroxyl groups excluding tert-OH is 2. The molecule has 1 amide bonds. The molecule has 6 unspecified atom stereocenters. The van der Waals surface area contributed by atoms with Crippen LogP contribution in [0.15, 0.2) is 102 Å². The molecule has 14 heteroatoms. The van der Waals surface area contributed by atoms with E-state index < -0.39 is 34.4 Å². The second-order valence-electron chi connectivity index (χ2n) is 17.7. The summed E-state index contributed by atoms with van der Waals surface area (Å²) in [5.41, 5.74) is 2.72. The molecule has 6 rings (SSSR count). The first kappa shape index (κ1) is 48.2. The van der Waals surface area contributed by atoms with Gasteiger partial charge in [0.15, 0.2) is 0 Å². The molecule has 0 aromatic heterocycles. The van der Waals surface area contributed by atoms with Gasteiger partial charge in [0.2, 0.25) is 5.79 Å². The van der Waals surface area contributed by atoms with Crippen LogP contribution in [-0.2, 0) is 25.7 Å². The number of amides is 1. The molecular formula is C50H65N3O11. The first-order valence-electron chi connectivity index (χ1n) is 22.7. The van der Waals surface area contributed by atoms with Crippen LogP contribution in [-0.4, -0.2) is 88.9 Å². The van der Waals surface area contributed by atoms with Gasteiger partial charge >= 0.3 is 6.09 Å². The Morgan fingerprint density at radius 2 is 1.75 bits per heavy atom. The number of oxime groups is 1. The summed E-state index contributed by atoms with van der Waals surface area (Å²) >= 11 is 0. The van der Waals surface area contributed by atoms with Gasteiger partial charge in [-0.15, -0.1) is 6.58 Å². The summed E-state index contributed by atoms with van der Waals surface area (Å²) < 4.78 is 32.5. The lowest BCUT2D eigenvalue weighted by Gasteiger charge is -2.60. The maximum Gasteiger partial charge on any atom is 0.410 e. The minimum Gasteiger partial charge on any atom is -0.459 e. The summed E-state index contributed by atoms with van der Waals surface area (Å²) in [6.07, 6.45) is 8.61. The van der Waals surface area contributed by atoms with Crippen molar-refractivity contribution in [2.75, 3.05) is 39.6 Å². The number of aliphatic hydroxyl groups is 2. The predicted octanol–water partition coefficient (Wildman–Crippen LogP) is 9.88. The van der Waals surface area contributed by atoms with E-state index in [9.17, 15) is 25.1 Å². The third-order valence-corrected chi connectivity index (χ3v) is 12.0. The highest BCUT2D eigenvalue weighted by Crippen LogP contribution is 2.62. The van der Waals surface area contributed by atoms with Crippen LogP contribution in [0.5, 0.6) is 17.2 Å². The fourth-order valence-corrected chi connectivity index (χ4v) is 9.35. The number of allylic oxidation sites excluding steroid dienone is 1. The molecular weight excluding hydrogens is 819 g/mol. The topological polar surface area (TPSA) is 172 Å². The van der Waals surface area contributed by atoms with E-state index in [-0.39, 0.29) is 62.9 Å². The summed E-state index contributed by atoms with van der Waals surface area (Å²) in [5.74, 6) is -0.970. The zero-order valence-electron chi connectivity index (χ0n) is 37.7. The predicted molar refractivity (Wildman–Crippen MR) is 243 cm³/mol. The standard InChI is InChI=1S/C50H65N3O11/c1-6-24-52(48(56)60-29-28-59-34-35-16-9-8-10-17-35)45-33-43(51-64-49(3,4)5)41-30-36(18-11-13-25-54)40(21-12-14-26-55)46-42-32-39(62-38-20-15-19-37(31-38)53(57)58)22-23-44(42)63-50(45,47(41)46)61-27-7-2/h7-10,15-17,19-20,22-23,30-32,36,40,45-47,54-55H,2,6,11-14,18,21,24-29,33-34H2,1,3-5H3. The summed E-state index contributed by atoms with van der Waals surface area (Å²) in [4.78, 5) is 33.7. The van der Waals surface area contributed by atoms with Crippen LogP contribution in [0.1, 0.15) is 96.1 Å². The summed E-state index contributed by atoms with van der Waals surface area (Å²) in [5, 5.41) is 36.4. The van der Waals surface area contributed by atoms with Crippen molar-refractivity contribution in [3.63, 3.8) is 0 Å². The molecule has 1 fully saturated rings.